The van der Waals surface area contributed by atoms with E-state index in [2.05, 4.69) is 0 Å². The first-order valence-electron chi connectivity index (χ1n) is 8.50. The number of benzene rings is 1. The van der Waals surface area contributed by atoms with Crippen LogP contribution < -0.4 is 9.47 Å². The highest BCUT2D eigenvalue weighted by Gasteiger charge is 2.46. The molecule has 7 nitrogen and oxygen atoms in total. The molecule has 0 aromatic heterocycles. The Balaban J connectivity index is 1.66. The maximum absolute atomic E-state index is 12.7. The average molecular weight is 348 g/mol. The van der Waals surface area contributed by atoms with Crippen molar-refractivity contribution >= 4 is 11.9 Å². The number of aliphatic carboxylic acids is 1. The maximum Gasteiger partial charge on any atom is 0.323 e. The zero-order valence-corrected chi connectivity index (χ0v) is 14.6. The van der Waals surface area contributed by atoms with Gasteiger partial charge < -0.3 is 24.4 Å². The van der Waals surface area contributed by atoms with E-state index in [-0.39, 0.29) is 24.3 Å². The molecule has 1 heterocycles. The van der Waals surface area contributed by atoms with Gasteiger partial charge in [0.05, 0.1) is 0 Å². The number of rotatable bonds is 7. The summed E-state index contributed by atoms with van der Waals surface area (Å²) in [7, 11) is 3.80. The third kappa shape index (κ3) is 4.22. The van der Waals surface area contributed by atoms with Crippen molar-refractivity contribution in [3.8, 4) is 11.5 Å². The van der Waals surface area contributed by atoms with Crippen molar-refractivity contribution in [2.45, 2.75) is 12.3 Å². The van der Waals surface area contributed by atoms with Crippen molar-refractivity contribution in [2.75, 3.05) is 46.9 Å². The molecule has 1 aliphatic heterocycles. The van der Waals surface area contributed by atoms with E-state index in [4.69, 9.17) is 14.6 Å². The third-order valence-corrected chi connectivity index (χ3v) is 4.56. The summed E-state index contributed by atoms with van der Waals surface area (Å²) in [5.74, 6) is 0.365. The quantitative estimate of drug-likeness (QED) is 0.793. The minimum absolute atomic E-state index is 0.0795. The first-order chi connectivity index (χ1) is 12.0. The van der Waals surface area contributed by atoms with Gasteiger partial charge in [0.2, 0.25) is 5.91 Å². The van der Waals surface area contributed by atoms with Crippen molar-refractivity contribution < 1.29 is 24.2 Å². The summed E-state index contributed by atoms with van der Waals surface area (Å²) in [6, 6.07) is 5.78. The number of carbonyl (C=O) groups is 2. The molecule has 1 aliphatic carbocycles. The SMILES string of the molecule is CN(C)CCN(CC(=O)O)C(=O)[C@@H]1C[C@@H]1c1ccc2c(c1)OCCO2. The van der Waals surface area contributed by atoms with Gasteiger partial charge in [-0.2, -0.15) is 0 Å². The van der Waals surface area contributed by atoms with Crippen molar-refractivity contribution in [1.82, 2.24) is 9.80 Å². The summed E-state index contributed by atoms with van der Waals surface area (Å²) in [6.07, 6.45) is 0.747. The van der Waals surface area contributed by atoms with E-state index in [0.717, 1.165) is 23.5 Å². The molecule has 1 aromatic carbocycles. The molecule has 0 saturated heterocycles. The van der Waals surface area contributed by atoms with Crippen molar-refractivity contribution in [2.24, 2.45) is 5.92 Å². The number of fused-ring (bicyclic) bond motifs is 1. The second-order valence-electron chi connectivity index (χ2n) is 6.81. The second-order valence-corrected chi connectivity index (χ2v) is 6.81. The number of hydrogen-bond acceptors (Lipinski definition) is 5. The van der Waals surface area contributed by atoms with E-state index in [1.165, 1.54) is 4.90 Å². The Morgan fingerprint density at radius 2 is 1.88 bits per heavy atom. The molecule has 2 atom stereocenters. The fourth-order valence-electron chi connectivity index (χ4n) is 3.11. The van der Waals surface area contributed by atoms with Gasteiger partial charge in [-0.05, 0) is 44.1 Å². The lowest BCUT2D eigenvalue weighted by molar-refractivity contribution is -0.145. The minimum atomic E-state index is -0.983. The van der Waals surface area contributed by atoms with Gasteiger partial charge in [0.25, 0.3) is 0 Å². The molecular formula is C18H24N2O5. The molecule has 1 N–H and O–H groups in total. The normalized spacial score (nSPS) is 21.1. The summed E-state index contributed by atoms with van der Waals surface area (Å²) in [6.45, 7) is 1.88. The van der Waals surface area contributed by atoms with Gasteiger partial charge in [-0.25, -0.2) is 0 Å². The molecule has 1 amide bonds. The number of carbonyl (C=O) groups excluding carboxylic acids is 1. The number of ether oxygens (including phenoxy) is 2. The zero-order chi connectivity index (χ0) is 18.0. The zero-order valence-electron chi connectivity index (χ0n) is 14.6. The fraction of sp³-hybridized carbons (Fsp3) is 0.556. The van der Waals surface area contributed by atoms with E-state index in [9.17, 15) is 9.59 Å². The van der Waals surface area contributed by atoms with Crippen LogP contribution in [-0.2, 0) is 9.59 Å². The van der Waals surface area contributed by atoms with Gasteiger partial charge in [0, 0.05) is 19.0 Å². The summed E-state index contributed by atoms with van der Waals surface area (Å²) >= 11 is 0. The highest BCUT2D eigenvalue weighted by atomic mass is 16.6. The topological polar surface area (TPSA) is 79.3 Å². The van der Waals surface area contributed by atoms with E-state index in [1.54, 1.807) is 0 Å². The predicted molar refractivity (Wildman–Crippen MR) is 91.0 cm³/mol. The Morgan fingerprint density at radius 3 is 2.56 bits per heavy atom. The van der Waals surface area contributed by atoms with Gasteiger partial charge in [-0.1, -0.05) is 6.07 Å². The Labute approximate surface area is 147 Å². The van der Waals surface area contributed by atoms with E-state index < -0.39 is 5.97 Å². The smallest absolute Gasteiger partial charge is 0.323 e. The lowest BCUT2D eigenvalue weighted by Gasteiger charge is -2.23. The van der Waals surface area contributed by atoms with Crippen LogP contribution >= 0.6 is 0 Å². The second kappa shape index (κ2) is 7.31. The van der Waals surface area contributed by atoms with Crippen LogP contribution in [0.2, 0.25) is 0 Å². The van der Waals surface area contributed by atoms with Gasteiger partial charge in [0.15, 0.2) is 11.5 Å². The van der Waals surface area contributed by atoms with E-state index in [1.807, 2.05) is 37.2 Å². The van der Waals surface area contributed by atoms with Gasteiger partial charge in [0.1, 0.15) is 19.8 Å². The lowest BCUT2D eigenvalue weighted by atomic mass is 10.1. The molecule has 0 unspecified atom stereocenters. The van der Waals surface area contributed by atoms with Gasteiger partial charge in [-0.15, -0.1) is 0 Å². The summed E-state index contributed by atoms with van der Waals surface area (Å²) in [4.78, 5) is 27.2. The molecule has 1 fully saturated rings. The van der Waals surface area contributed by atoms with E-state index >= 15 is 0 Å². The van der Waals surface area contributed by atoms with Crippen LogP contribution in [0.25, 0.3) is 0 Å². The van der Waals surface area contributed by atoms with Crippen LogP contribution in [0.15, 0.2) is 18.2 Å². The molecule has 0 spiro atoms. The molecule has 3 rings (SSSR count). The number of carboxylic acid groups (broad SMARTS) is 1. The molecule has 1 saturated carbocycles. The van der Waals surface area contributed by atoms with Gasteiger partial charge >= 0.3 is 5.97 Å². The number of hydrogen-bond donors (Lipinski definition) is 1. The highest BCUT2D eigenvalue weighted by Crippen LogP contribution is 2.50. The monoisotopic (exact) mass is 348 g/mol. The van der Waals surface area contributed by atoms with Crippen LogP contribution in [0.3, 0.4) is 0 Å². The molecule has 0 radical (unpaired) electrons. The summed E-state index contributed by atoms with van der Waals surface area (Å²) < 4.78 is 11.1. The molecule has 25 heavy (non-hydrogen) atoms. The number of amides is 1. The molecule has 1 aromatic rings. The fourth-order valence-corrected chi connectivity index (χ4v) is 3.11. The van der Waals surface area contributed by atoms with Crippen LogP contribution in [0, 0.1) is 5.92 Å². The molecule has 0 bridgehead atoms. The van der Waals surface area contributed by atoms with Crippen LogP contribution in [0.4, 0.5) is 0 Å². The summed E-state index contributed by atoms with van der Waals surface area (Å²) in [5, 5.41) is 9.08. The average Bonchev–Trinajstić information content (AvgIpc) is 3.38. The minimum Gasteiger partial charge on any atom is -0.486 e. The maximum atomic E-state index is 12.7. The Kier molecular flexibility index (Phi) is 5.13. The Hall–Kier alpha value is -2.28. The molecular weight excluding hydrogens is 324 g/mol. The third-order valence-electron chi connectivity index (χ3n) is 4.56. The van der Waals surface area contributed by atoms with Crippen LogP contribution in [0.1, 0.15) is 17.9 Å². The van der Waals surface area contributed by atoms with Crippen molar-refractivity contribution in [3.63, 3.8) is 0 Å². The lowest BCUT2D eigenvalue weighted by Crippen LogP contribution is -2.41. The first kappa shape index (κ1) is 17.5. The molecule has 136 valence electrons. The highest BCUT2D eigenvalue weighted by molar-refractivity contribution is 5.86. The first-order valence-corrected chi connectivity index (χ1v) is 8.50. The molecule has 7 heteroatoms. The van der Waals surface area contributed by atoms with Gasteiger partial charge in [-0.3, -0.25) is 9.59 Å². The number of nitrogens with zero attached hydrogens (tertiary/aromatic N) is 2. The predicted octanol–water partition coefficient (Wildman–Crippen LogP) is 1.04. The van der Waals surface area contributed by atoms with Crippen molar-refractivity contribution in [3.05, 3.63) is 23.8 Å². The van der Waals surface area contributed by atoms with E-state index in [0.29, 0.717) is 26.3 Å². The standard InChI is InChI=1S/C18H24N2O5/c1-19(2)5-6-20(11-17(21)22)18(23)14-10-13(14)12-3-4-15-16(9-12)25-8-7-24-15/h3-4,9,13-14H,5-8,10-11H2,1-2H3,(H,21,22)/t13-,14-/m1/s1. The molecule has 2 aliphatic rings. The van der Waals surface area contributed by atoms with Crippen molar-refractivity contribution in [1.29, 1.82) is 0 Å². The van der Waals surface area contributed by atoms with Crippen LogP contribution in [-0.4, -0.2) is 73.7 Å². The largest absolute Gasteiger partial charge is 0.486 e. The number of likely N-dealkylation sites (N-methyl/N-ethyl adjacent to an activating group) is 1. The van der Waals surface area contributed by atoms with Crippen LogP contribution in [0.5, 0.6) is 11.5 Å². The summed E-state index contributed by atoms with van der Waals surface area (Å²) in [5.41, 5.74) is 1.05. The Morgan fingerprint density at radius 1 is 1.16 bits per heavy atom. The Bertz CT molecular complexity index is 661. The number of carboxylic acids is 1.